The summed E-state index contributed by atoms with van der Waals surface area (Å²) >= 11 is 0. The fourth-order valence-corrected chi connectivity index (χ4v) is 2.18. The third-order valence-electron chi connectivity index (χ3n) is 3.40. The predicted molar refractivity (Wildman–Crippen MR) is 82.6 cm³/mol. The van der Waals surface area contributed by atoms with Crippen molar-refractivity contribution in [3.8, 4) is 0 Å². The lowest BCUT2D eigenvalue weighted by Gasteiger charge is -2.26. The van der Waals surface area contributed by atoms with Crippen molar-refractivity contribution in [3.63, 3.8) is 0 Å². The number of pyridine rings is 1. The van der Waals surface area contributed by atoms with Gasteiger partial charge in [0.2, 0.25) is 0 Å². The van der Waals surface area contributed by atoms with E-state index in [1.165, 1.54) is 0 Å². The molecule has 1 aliphatic rings. The predicted octanol–water partition coefficient (Wildman–Crippen LogP) is 0.966. The van der Waals surface area contributed by atoms with Gasteiger partial charge in [-0.15, -0.1) is 0 Å². The molecule has 6 nitrogen and oxygen atoms in total. The summed E-state index contributed by atoms with van der Waals surface area (Å²) in [6.45, 7) is 8.12. The highest BCUT2D eigenvalue weighted by atomic mass is 16.5. The SMILES string of the molecule is CCCNC(=O)c1cncc(NCCN2CCOCC2)c1. The second-order valence-electron chi connectivity index (χ2n) is 5.10. The second kappa shape index (κ2) is 8.59. The lowest BCUT2D eigenvalue weighted by Crippen LogP contribution is -2.39. The molecule has 116 valence electrons. The van der Waals surface area contributed by atoms with Gasteiger partial charge in [0.1, 0.15) is 0 Å². The summed E-state index contributed by atoms with van der Waals surface area (Å²) in [5.74, 6) is -0.0684. The first-order chi connectivity index (χ1) is 10.3. The van der Waals surface area contributed by atoms with Crippen LogP contribution in [0.1, 0.15) is 23.7 Å². The van der Waals surface area contributed by atoms with Crippen molar-refractivity contribution in [1.29, 1.82) is 0 Å². The van der Waals surface area contributed by atoms with Gasteiger partial charge in [0.15, 0.2) is 0 Å². The summed E-state index contributed by atoms with van der Waals surface area (Å²) in [5, 5.41) is 6.17. The molecule has 21 heavy (non-hydrogen) atoms. The van der Waals surface area contributed by atoms with Crippen molar-refractivity contribution in [2.24, 2.45) is 0 Å². The number of carbonyl (C=O) groups excluding carboxylic acids is 1. The third kappa shape index (κ3) is 5.32. The maximum Gasteiger partial charge on any atom is 0.252 e. The van der Waals surface area contributed by atoms with E-state index in [4.69, 9.17) is 4.74 Å². The second-order valence-corrected chi connectivity index (χ2v) is 5.10. The van der Waals surface area contributed by atoms with Crippen LogP contribution in [0, 0.1) is 0 Å². The zero-order valence-corrected chi connectivity index (χ0v) is 12.6. The minimum Gasteiger partial charge on any atom is -0.382 e. The number of carbonyl (C=O) groups is 1. The molecule has 2 N–H and O–H groups in total. The van der Waals surface area contributed by atoms with E-state index in [1.807, 2.05) is 13.0 Å². The molecule has 1 aromatic rings. The molecule has 0 bridgehead atoms. The zero-order valence-electron chi connectivity index (χ0n) is 12.6. The molecule has 6 heteroatoms. The molecule has 0 radical (unpaired) electrons. The molecule has 1 amide bonds. The number of hydrogen-bond acceptors (Lipinski definition) is 5. The van der Waals surface area contributed by atoms with Crippen molar-refractivity contribution in [2.75, 3.05) is 51.3 Å². The van der Waals surface area contributed by atoms with Gasteiger partial charge in [-0.25, -0.2) is 0 Å². The average molecular weight is 292 g/mol. The number of nitrogens with one attached hydrogen (secondary N) is 2. The van der Waals surface area contributed by atoms with Crippen LogP contribution in [-0.4, -0.2) is 61.7 Å². The number of morpholine rings is 1. The van der Waals surface area contributed by atoms with Gasteiger partial charge in [0.05, 0.1) is 24.5 Å². The number of nitrogens with zero attached hydrogens (tertiary/aromatic N) is 2. The van der Waals surface area contributed by atoms with Crippen LogP contribution in [0.25, 0.3) is 0 Å². The number of hydrogen-bond donors (Lipinski definition) is 2. The molecule has 2 heterocycles. The molecule has 0 aliphatic carbocycles. The number of rotatable bonds is 7. The summed E-state index contributed by atoms with van der Waals surface area (Å²) < 4.78 is 5.32. The van der Waals surface area contributed by atoms with Gasteiger partial charge < -0.3 is 15.4 Å². The lowest BCUT2D eigenvalue weighted by molar-refractivity contribution is 0.0398. The molecule has 1 saturated heterocycles. The van der Waals surface area contributed by atoms with Crippen molar-refractivity contribution in [3.05, 3.63) is 24.0 Å². The van der Waals surface area contributed by atoms with Crippen LogP contribution in [0.15, 0.2) is 18.5 Å². The molecule has 0 saturated carbocycles. The Labute approximate surface area is 125 Å². The Morgan fingerprint density at radius 3 is 2.90 bits per heavy atom. The summed E-state index contributed by atoms with van der Waals surface area (Å²) in [6.07, 6.45) is 4.27. The molecule has 1 aromatic heterocycles. The van der Waals surface area contributed by atoms with E-state index in [0.717, 1.165) is 51.5 Å². The van der Waals surface area contributed by atoms with E-state index < -0.39 is 0 Å². The Bertz CT molecular complexity index is 447. The van der Waals surface area contributed by atoms with Crippen molar-refractivity contribution in [1.82, 2.24) is 15.2 Å². The smallest absolute Gasteiger partial charge is 0.252 e. The first-order valence-corrected chi connectivity index (χ1v) is 7.57. The Kier molecular flexibility index (Phi) is 6.43. The molecule has 0 spiro atoms. The van der Waals surface area contributed by atoms with Crippen LogP contribution in [0.3, 0.4) is 0 Å². The molecule has 0 unspecified atom stereocenters. The maximum absolute atomic E-state index is 11.9. The highest BCUT2D eigenvalue weighted by Crippen LogP contribution is 2.08. The van der Waals surface area contributed by atoms with Gasteiger partial charge in [0, 0.05) is 45.1 Å². The highest BCUT2D eigenvalue weighted by Gasteiger charge is 2.10. The zero-order chi connectivity index (χ0) is 14.9. The van der Waals surface area contributed by atoms with E-state index in [2.05, 4.69) is 20.5 Å². The molecule has 0 atom stereocenters. The third-order valence-corrected chi connectivity index (χ3v) is 3.40. The first-order valence-electron chi connectivity index (χ1n) is 7.57. The largest absolute Gasteiger partial charge is 0.382 e. The minimum atomic E-state index is -0.0684. The fraction of sp³-hybridized carbons (Fsp3) is 0.600. The molecule has 0 aromatic carbocycles. The monoisotopic (exact) mass is 292 g/mol. The summed E-state index contributed by atoms with van der Waals surface area (Å²) in [7, 11) is 0. The van der Waals surface area contributed by atoms with Crippen molar-refractivity contribution in [2.45, 2.75) is 13.3 Å². The number of anilines is 1. The Morgan fingerprint density at radius 1 is 1.33 bits per heavy atom. The average Bonchev–Trinajstić information content (AvgIpc) is 2.54. The van der Waals surface area contributed by atoms with Crippen LogP contribution in [-0.2, 0) is 4.74 Å². The number of amides is 1. The Morgan fingerprint density at radius 2 is 2.14 bits per heavy atom. The van der Waals surface area contributed by atoms with Crippen molar-refractivity contribution >= 4 is 11.6 Å². The van der Waals surface area contributed by atoms with Gasteiger partial charge in [-0.3, -0.25) is 14.7 Å². The standard InChI is InChI=1S/C15H24N4O2/c1-2-3-18-15(20)13-10-14(12-16-11-13)17-4-5-19-6-8-21-9-7-19/h10-12,17H,2-9H2,1H3,(H,18,20). The van der Waals surface area contributed by atoms with Crippen molar-refractivity contribution < 1.29 is 9.53 Å². The van der Waals surface area contributed by atoms with E-state index in [9.17, 15) is 4.79 Å². The number of ether oxygens (including phenoxy) is 1. The topological polar surface area (TPSA) is 66.5 Å². The fourth-order valence-electron chi connectivity index (χ4n) is 2.18. The lowest BCUT2D eigenvalue weighted by atomic mass is 10.2. The summed E-state index contributed by atoms with van der Waals surface area (Å²) in [5.41, 5.74) is 1.48. The molecular weight excluding hydrogens is 268 g/mol. The highest BCUT2D eigenvalue weighted by molar-refractivity contribution is 5.94. The van der Waals surface area contributed by atoms with Gasteiger partial charge in [-0.05, 0) is 12.5 Å². The molecule has 1 aliphatic heterocycles. The van der Waals surface area contributed by atoms with Crippen LogP contribution in [0.2, 0.25) is 0 Å². The van der Waals surface area contributed by atoms with E-state index in [0.29, 0.717) is 12.1 Å². The van der Waals surface area contributed by atoms with E-state index in [1.54, 1.807) is 12.4 Å². The van der Waals surface area contributed by atoms with Gasteiger partial charge >= 0.3 is 0 Å². The number of aromatic nitrogens is 1. The normalized spacial score (nSPS) is 15.7. The Balaban J connectivity index is 1.78. The van der Waals surface area contributed by atoms with Gasteiger partial charge in [0.25, 0.3) is 5.91 Å². The molecule has 1 fully saturated rings. The summed E-state index contributed by atoms with van der Waals surface area (Å²) in [4.78, 5) is 18.4. The summed E-state index contributed by atoms with van der Waals surface area (Å²) in [6, 6.07) is 1.84. The van der Waals surface area contributed by atoms with Crippen LogP contribution in [0.4, 0.5) is 5.69 Å². The Hall–Kier alpha value is -1.66. The van der Waals surface area contributed by atoms with E-state index >= 15 is 0 Å². The van der Waals surface area contributed by atoms with Crippen LogP contribution in [0.5, 0.6) is 0 Å². The maximum atomic E-state index is 11.9. The van der Waals surface area contributed by atoms with Gasteiger partial charge in [-0.2, -0.15) is 0 Å². The van der Waals surface area contributed by atoms with Crippen LogP contribution >= 0.6 is 0 Å². The van der Waals surface area contributed by atoms with Gasteiger partial charge in [-0.1, -0.05) is 6.92 Å². The van der Waals surface area contributed by atoms with E-state index in [-0.39, 0.29) is 5.91 Å². The quantitative estimate of drug-likeness (QED) is 0.784. The molecule has 2 rings (SSSR count). The van der Waals surface area contributed by atoms with Crippen LogP contribution < -0.4 is 10.6 Å². The molecular formula is C15H24N4O2. The first kappa shape index (κ1) is 15.7. The minimum absolute atomic E-state index is 0.0684.